The predicted molar refractivity (Wildman–Crippen MR) is 132 cm³/mol. The average molecular weight is 537 g/mol. The molecule has 0 aliphatic carbocycles. The standard InChI is InChI=1S/C20H36N6OS.HI/c1-6-16-23-19(28-24-16)26-11-9-25(10-12-26)18(21-5)22-14-15-8-7-13-27-17(15)20(2,3)4;/h15,17H,6-14H2,1-5H3,(H,21,22);1H. The molecule has 2 aliphatic rings. The average Bonchev–Trinajstić information content (AvgIpc) is 3.18. The fraction of sp³-hybridized carbons (Fsp3) is 0.850. The number of hydrogen-bond acceptors (Lipinski definition) is 6. The maximum atomic E-state index is 6.13. The van der Waals surface area contributed by atoms with Gasteiger partial charge in [-0.25, -0.2) is 4.98 Å². The summed E-state index contributed by atoms with van der Waals surface area (Å²) in [5, 5.41) is 4.68. The lowest BCUT2D eigenvalue weighted by Crippen LogP contribution is -2.54. The molecule has 0 bridgehead atoms. The van der Waals surface area contributed by atoms with Crippen molar-refractivity contribution in [3.8, 4) is 0 Å². The summed E-state index contributed by atoms with van der Waals surface area (Å²) in [7, 11) is 1.88. The van der Waals surface area contributed by atoms with E-state index in [0.29, 0.717) is 12.0 Å². The van der Waals surface area contributed by atoms with Crippen LogP contribution in [0.2, 0.25) is 0 Å². The van der Waals surface area contributed by atoms with Crippen LogP contribution in [-0.4, -0.2) is 72.7 Å². The van der Waals surface area contributed by atoms with Crippen LogP contribution >= 0.6 is 35.5 Å². The summed E-state index contributed by atoms with van der Waals surface area (Å²) in [6, 6.07) is 0. The molecular weight excluding hydrogens is 499 g/mol. The van der Waals surface area contributed by atoms with E-state index in [4.69, 9.17) is 4.74 Å². The van der Waals surface area contributed by atoms with Crippen molar-refractivity contribution in [1.29, 1.82) is 0 Å². The molecule has 166 valence electrons. The first-order valence-electron chi connectivity index (χ1n) is 10.6. The molecule has 3 rings (SSSR count). The van der Waals surface area contributed by atoms with Gasteiger partial charge in [0.2, 0.25) is 5.13 Å². The second-order valence-corrected chi connectivity index (χ2v) is 9.54. The van der Waals surface area contributed by atoms with Gasteiger partial charge in [0.15, 0.2) is 5.96 Å². The van der Waals surface area contributed by atoms with Crippen LogP contribution in [0, 0.1) is 11.3 Å². The van der Waals surface area contributed by atoms with E-state index in [2.05, 4.69) is 57.2 Å². The zero-order valence-corrected chi connectivity index (χ0v) is 21.6. The summed E-state index contributed by atoms with van der Waals surface area (Å²) >= 11 is 1.51. The Morgan fingerprint density at radius 3 is 2.59 bits per heavy atom. The van der Waals surface area contributed by atoms with E-state index in [1.807, 2.05) is 7.05 Å². The van der Waals surface area contributed by atoms with Gasteiger partial charge in [-0.1, -0.05) is 27.7 Å². The Bertz CT molecular complexity index is 654. The third-order valence-electron chi connectivity index (χ3n) is 5.66. The van der Waals surface area contributed by atoms with Crippen molar-refractivity contribution in [3.05, 3.63) is 5.82 Å². The molecule has 2 atom stereocenters. The summed E-state index contributed by atoms with van der Waals surface area (Å²) in [5.41, 5.74) is 0.168. The van der Waals surface area contributed by atoms with E-state index in [0.717, 1.165) is 69.1 Å². The van der Waals surface area contributed by atoms with Gasteiger partial charge in [0.1, 0.15) is 5.82 Å². The Morgan fingerprint density at radius 2 is 2.00 bits per heavy atom. The van der Waals surface area contributed by atoms with Gasteiger partial charge in [0.05, 0.1) is 6.10 Å². The van der Waals surface area contributed by atoms with Crippen LogP contribution in [0.3, 0.4) is 0 Å². The van der Waals surface area contributed by atoms with Crippen molar-refractivity contribution in [2.24, 2.45) is 16.3 Å². The Morgan fingerprint density at radius 1 is 1.28 bits per heavy atom. The summed E-state index contributed by atoms with van der Waals surface area (Å²) in [6.45, 7) is 14.6. The van der Waals surface area contributed by atoms with E-state index in [1.54, 1.807) is 0 Å². The SMILES string of the molecule is CCc1nsc(N2CCN(C(=NC)NCC3CCCOC3C(C)(C)C)CC2)n1.I. The first kappa shape index (κ1) is 24.6. The summed E-state index contributed by atoms with van der Waals surface area (Å²) < 4.78 is 10.5. The van der Waals surface area contributed by atoms with Gasteiger partial charge >= 0.3 is 0 Å². The molecule has 1 aromatic heterocycles. The number of aryl methyl sites for hydroxylation is 1. The van der Waals surface area contributed by atoms with Gasteiger partial charge in [-0.3, -0.25) is 4.99 Å². The highest BCUT2D eigenvalue weighted by Crippen LogP contribution is 2.33. The molecule has 9 heteroatoms. The lowest BCUT2D eigenvalue weighted by atomic mass is 9.78. The van der Waals surface area contributed by atoms with Crippen molar-refractivity contribution < 1.29 is 4.74 Å². The van der Waals surface area contributed by atoms with Crippen LogP contribution in [0.5, 0.6) is 0 Å². The van der Waals surface area contributed by atoms with Crippen LogP contribution < -0.4 is 10.2 Å². The van der Waals surface area contributed by atoms with Crippen molar-refractivity contribution in [2.75, 3.05) is 51.3 Å². The normalized spacial score (nSPS) is 23.7. The third-order valence-corrected chi connectivity index (χ3v) is 6.47. The van der Waals surface area contributed by atoms with Crippen molar-refractivity contribution in [3.63, 3.8) is 0 Å². The monoisotopic (exact) mass is 536 g/mol. The first-order valence-corrected chi connectivity index (χ1v) is 11.3. The van der Waals surface area contributed by atoms with Gasteiger partial charge in [0, 0.05) is 70.2 Å². The Labute approximate surface area is 196 Å². The van der Waals surface area contributed by atoms with Crippen molar-refractivity contribution >= 4 is 46.6 Å². The van der Waals surface area contributed by atoms with Gasteiger partial charge in [-0.15, -0.1) is 24.0 Å². The molecule has 2 aliphatic heterocycles. The minimum atomic E-state index is 0. The zero-order valence-electron chi connectivity index (χ0n) is 18.5. The minimum Gasteiger partial charge on any atom is -0.377 e. The number of nitrogens with one attached hydrogen (secondary N) is 1. The number of anilines is 1. The molecule has 2 saturated heterocycles. The number of rotatable bonds is 4. The van der Waals surface area contributed by atoms with Gasteiger partial charge in [-0.05, 0) is 18.3 Å². The Hall–Kier alpha value is -0.680. The Balaban J connectivity index is 0.00000300. The highest BCUT2D eigenvalue weighted by atomic mass is 127. The van der Waals surface area contributed by atoms with Crippen LogP contribution in [0.1, 0.15) is 46.4 Å². The Kier molecular flexibility index (Phi) is 9.40. The fourth-order valence-corrected chi connectivity index (χ4v) is 4.99. The molecule has 7 nitrogen and oxygen atoms in total. The smallest absolute Gasteiger partial charge is 0.205 e. The van der Waals surface area contributed by atoms with Crippen LogP contribution in [0.4, 0.5) is 5.13 Å². The molecule has 1 aromatic rings. The highest BCUT2D eigenvalue weighted by molar-refractivity contribution is 14.0. The maximum absolute atomic E-state index is 6.13. The molecule has 0 saturated carbocycles. The molecule has 2 unspecified atom stereocenters. The van der Waals surface area contributed by atoms with Crippen molar-refractivity contribution in [2.45, 2.75) is 53.1 Å². The lowest BCUT2D eigenvalue weighted by molar-refractivity contribution is -0.0836. The molecule has 0 amide bonds. The number of guanidine groups is 1. The largest absolute Gasteiger partial charge is 0.377 e. The fourth-order valence-electron chi connectivity index (χ4n) is 4.19. The van der Waals surface area contributed by atoms with Gasteiger partial charge in [-0.2, -0.15) is 4.37 Å². The number of ether oxygens (including phenoxy) is 1. The maximum Gasteiger partial charge on any atom is 0.205 e. The number of hydrogen-bond donors (Lipinski definition) is 1. The lowest BCUT2D eigenvalue weighted by Gasteiger charge is -2.41. The molecule has 0 aromatic carbocycles. The second kappa shape index (κ2) is 11.1. The molecule has 1 N–H and O–H groups in total. The molecule has 2 fully saturated rings. The van der Waals surface area contributed by atoms with Gasteiger partial charge in [0.25, 0.3) is 0 Å². The van der Waals surface area contributed by atoms with Crippen LogP contribution in [-0.2, 0) is 11.2 Å². The summed E-state index contributed by atoms with van der Waals surface area (Å²) in [5.74, 6) is 2.48. The quantitative estimate of drug-likeness (QED) is 0.362. The number of nitrogens with zero attached hydrogens (tertiary/aromatic N) is 5. The van der Waals surface area contributed by atoms with Gasteiger partial charge < -0.3 is 19.9 Å². The minimum absolute atomic E-state index is 0. The molecule has 3 heterocycles. The van der Waals surface area contributed by atoms with Crippen molar-refractivity contribution in [1.82, 2.24) is 19.6 Å². The predicted octanol–water partition coefficient (Wildman–Crippen LogP) is 3.26. The highest BCUT2D eigenvalue weighted by Gasteiger charge is 2.35. The second-order valence-electron chi connectivity index (χ2n) is 8.81. The summed E-state index contributed by atoms with van der Waals surface area (Å²) in [4.78, 5) is 13.9. The zero-order chi connectivity index (χ0) is 20.1. The van der Waals surface area contributed by atoms with E-state index >= 15 is 0 Å². The van der Waals surface area contributed by atoms with E-state index in [1.165, 1.54) is 18.0 Å². The molecule has 0 spiro atoms. The summed E-state index contributed by atoms with van der Waals surface area (Å²) in [6.07, 6.45) is 3.57. The molecule has 0 radical (unpaired) electrons. The van der Waals surface area contributed by atoms with E-state index < -0.39 is 0 Å². The van der Waals surface area contributed by atoms with E-state index in [9.17, 15) is 0 Å². The topological polar surface area (TPSA) is 65.9 Å². The first-order chi connectivity index (χ1) is 13.4. The number of aromatic nitrogens is 2. The van der Waals surface area contributed by atoms with Crippen LogP contribution in [0.25, 0.3) is 0 Å². The number of piperazine rings is 1. The third kappa shape index (κ3) is 6.40. The van der Waals surface area contributed by atoms with E-state index in [-0.39, 0.29) is 29.4 Å². The number of halogens is 1. The number of aliphatic imine (C=N–C) groups is 1. The van der Waals surface area contributed by atoms with Crippen LogP contribution in [0.15, 0.2) is 4.99 Å². The molecule has 29 heavy (non-hydrogen) atoms. The molecular formula is C20H37IN6OS.